The first kappa shape index (κ1) is 16.1. The third kappa shape index (κ3) is 3.00. The van der Waals surface area contributed by atoms with Crippen molar-refractivity contribution in [3.63, 3.8) is 0 Å². The average molecular weight is 339 g/mol. The molecule has 3 aromatic rings. The van der Waals surface area contributed by atoms with Crippen molar-refractivity contribution >= 4 is 29.0 Å². The zero-order valence-electron chi connectivity index (χ0n) is 13.4. The van der Waals surface area contributed by atoms with Gasteiger partial charge in [0.15, 0.2) is 4.77 Å². The van der Waals surface area contributed by atoms with Crippen molar-refractivity contribution in [1.82, 2.24) is 14.9 Å². The van der Waals surface area contributed by atoms with Gasteiger partial charge < -0.3 is 10.3 Å². The molecule has 0 aliphatic rings. The van der Waals surface area contributed by atoms with Gasteiger partial charge in [0.25, 0.3) is 11.5 Å². The molecule has 122 valence electrons. The number of para-hydroxylation sites is 1. The monoisotopic (exact) mass is 339 g/mol. The SMILES string of the molecule is CC(C)NC(=O)c1ccc(-n2c(=S)[nH]c3ccccc3c2=O)cc1. The number of aromatic amines is 1. The van der Waals surface area contributed by atoms with Gasteiger partial charge in [0.2, 0.25) is 0 Å². The topological polar surface area (TPSA) is 66.9 Å². The summed E-state index contributed by atoms with van der Waals surface area (Å²) in [5.74, 6) is -0.146. The molecule has 3 rings (SSSR count). The fourth-order valence-corrected chi connectivity index (χ4v) is 2.80. The quantitative estimate of drug-likeness (QED) is 0.720. The van der Waals surface area contributed by atoms with Crippen LogP contribution in [0.5, 0.6) is 0 Å². The van der Waals surface area contributed by atoms with E-state index in [0.29, 0.717) is 26.9 Å². The number of hydrogen-bond donors (Lipinski definition) is 2. The minimum atomic E-state index is -0.186. The van der Waals surface area contributed by atoms with Crippen LogP contribution < -0.4 is 10.9 Å². The Labute approximate surface area is 144 Å². The second kappa shape index (κ2) is 6.41. The summed E-state index contributed by atoms with van der Waals surface area (Å²) in [7, 11) is 0. The van der Waals surface area contributed by atoms with E-state index in [1.165, 1.54) is 4.57 Å². The highest BCUT2D eigenvalue weighted by molar-refractivity contribution is 7.71. The summed E-state index contributed by atoms with van der Waals surface area (Å²) in [6, 6.07) is 14.1. The molecule has 1 aromatic heterocycles. The van der Waals surface area contributed by atoms with Crippen LogP contribution in [0.2, 0.25) is 0 Å². The highest BCUT2D eigenvalue weighted by Gasteiger charge is 2.10. The fraction of sp³-hybridized carbons (Fsp3) is 0.167. The van der Waals surface area contributed by atoms with E-state index in [1.54, 1.807) is 30.3 Å². The number of hydrogen-bond acceptors (Lipinski definition) is 3. The number of fused-ring (bicyclic) bond motifs is 1. The molecule has 0 saturated heterocycles. The van der Waals surface area contributed by atoms with Gasteiger partial charge >= 0.3 is 0 Å². The van der Waals surface area contributed by atoms with Gasteiger partial charge in [-0.2, -0.15) is 0 Å². The summed E-state index contributed by atoms with van der Waals surface area (Å²) >= 11 is 5.32. The number of rotatable bonds is 3. The smallest absolute Gasteiger partial charge is 0.266 e. The van der Waals surface area contributed by atoms with E-state index < -0.39 is 0 Å². The maximum atomic E-state index is 12.7. The number of H-pyrrole nitrogens is 1. The molecule has 0 unspecified atom stereocenters. The van der Waals surface area contributed by atoms with E-state index in [1.807, 2.05) is 32.0 Å². The van der Waals surface area contributed by atoms with Crippen LogP contribution in [-0.2, 0) is 0 Å². The van der Waals surface area contributed by atoms with E-state index in [4.69, 9.17) is 12.2 Å². The Balaban J connectivity index is 2.07. The van der Waals surface area contributed by atoms with Gasteiger partial charge in [-0.25, -0.2) is 0 Å². The normalized spacial score (nSPS) is 11.0. The molecule has 0 bridgehead atoms. The lowest BCUT2D eigenvalue weighted by molar-refractivity contribution is 0.0943. The second-order valence-electron chi connectivity index (χ2n) is 5.79. The largest absolute Gasteiger partial charge is 0.350 e. The maximum Gasteiger partial charge on any atom is 0.266 e. The molecule has 2 N–H and O–H groups in total. The van der Waals surface area contributed by atoms with Crippen LogP contribution in [0.15, 0.2) is 53.3 Å². The van der Waals surface area contributed by atoms with Crippen molar-refractivity contribution in [2.45, 2.75) is 19.9 Å². The molecule has 0 aliphatic carbocycles. The van der Waals surface area contributed by atoms with Crippen LogP contribution in [0, 0.1) is 4.77 Å². The maximum absolute atomic E-state index is 12.7. The van der Waals surface area contributed by atoms with Crippen LogP contribution in [0.1, 0.15) is 24.2 Å². The molecule has 1 amide bonds. The van der Waals surface area contributed by atoms with E-state index in [0.717, 1.165) is 0 Å². The van der Waals surface area contributed by atoms with Crippen LogP contribution in [-0.4, -0.2) is 21.5 Å². The molecule has 0 saturated carbocycles. The van der Waals surface area contributed by atoms with Crippen LogP contribution >= 0.6 is 12.2 Å². The third-order valence-electron chi connectivity index (χ3n) is 3.61. The standard InChI is InChI=1S/C18H17N3O2S/c1-11(2)19-16(22)12-7-9-13(10-8-12)21-17(23)14-5-3-4-6-15(14)20-18(21)24/h3-11H,1-2H3,(H,19,22)(H,20,24). The summed E-state index contributed by atoms with van der Waals surface area (Å²) in [5, 5.41) is 3.39. The lowest BCUT2D eigenvalue weighted by atomic mass is 10.1. The molecule has 6 heteroatoms. The van der Waals surface area contributed by atoms with Crippen LogP contribution in [0.25, 0.3) is 16.6 Å². The molecule has 0 radical (unpaired) electrons. The molecule has 5 nitrogen and oxygen atoms in total. The highest BCUT2D eigenvalue weighted by atomic mass is 32.1. The molecule has 2 aromatic carbocycles. The van der Waals surface area contributed by atoms with Gasteiger partial charge in [-0.3, -0.25) is 14.2 Å². The van der Waals surface area contributed by atoms with E-state index >= 15 is 0 Å². The Morgan fingerprint density at radius 1 is 1.12 bits per heavy atom. The predicted octanol–water partition coefficient (Wildman–Crippen LogP) is 3.19. The third-order valence-corrected chi connectivity index (χ3v) is 3.90. The number of aromatic nitrogens is 2. The molecular formula is C18H17N3O2S. The van der Waals surface area contributed by atoms with Crippen molar-refractivity contribution in [2.75, 3.05) is 0 Å². The van der Waals surface area contributed by atoms with Crippen LogP contribution in [0.3, 0.4) is 0 Å². The Morgan fingerprint density at radius 2 is 1.79 bits per heavy atom. The second-order valence-corrected chi connectivity index (χ2v) is 6.18. The Bertz CT molecular complexity index is 1020. The number of nitrogens with zero attached hydrogens (tertiary/aromatic N) is 1. The molecule has 0 spiro atoms. The van der Waals surface area contributed by atoms with Crippen molar-refractivity contribution in [3.8, 4) is 5.69 Å². The minimum Gasteiger partial charge on any atom is -0.350 e. The van der Waals surface area contributed by atoms with Gasteiger partial charge in [-0.15, -0.1) is 0 Å². The minimum absolute atomic E-state index is 0.0640. The highest BCUT2D eigenvalue weighted by Crippen LogP contribution is 2.12. The molecule has 24 heavy (non-hydrogen) atoms. The van der Waals surface area contributed by atoms with E-state index in [-0.39, 0.29) is 17.5 Å². The Kier molecular flexibility index (Phi) is 4.31. The zero-order valence-corrected chi connectivity index (χ0v) is 14.2. The predicted molar refractivity (Wildman–Crippen MR) is 97.3 cm³/mol. The van der Waals surface area contributed by atoms with E-state index in [9.17, 15) is 9.59 Å². The van der Waals surface area contributed by atoms with Gasteiger partial charge in [0, 0.05) is 11.6 Å². The Hall–Kier alpha value is -2.73. The summed E-state index contributed by atoms with van der Waals surface area (Å²) < 4.78 is 1.75. The Morgan fingerprint density at radius 3 is 2.46 bits per heavy atom. The molecule has 1 heterocycles. The average Bonchev–Trinajstić information content (AvgIpc) is 2.55. The number of amides is 1. The van der Waals surface area contributed by atoms with Crippen molar-refractivity contribution in [1.29, 1.82) is 0 Å². The lowest BCUT2D eigenvalue weighted by Gasteiger charge is -2.10. The molecular weight excluding hydrogens is 322 g/mol. The van der Waals surface area contributed by atoms with Crippen molar-refractivity contribution in [3.05, 3.63) is 69.2 Å². The van der Waals surface area contributed by atoms with Gasteiger partial charge in [-0.1, -0.05) is 12.1 Å². The van der Waals surface area contributed by atoms with Gasteiger partial charge in [0.05, 0.1) is 16.6 Å². The first-order chi connectivity index (χ1) is 11.5. The summed E-state index contributed by atoms with van der Waals surface area (Å²) in [6.07, 6.45) is 0. The van der Waals surface area contributed by atoms with E-state index in [2.05, 4.69) is 10.3 Å². The zero-order chi connectivity index (χ0) is 17.3. The number of carbonyl (C=O) groups is 1. The summed E-state index contributed by atoms with van der Waals surface area (Å²) in [4.78, 5) is 27.8. The number of carbonyl (C=O) groups excluding carboxylic acids is 1. The number of nitrogens with one attached hydrogen (secondary N) is 2. The summed E-state index contributed by atoms with van der Waals surface area (Å²) in [5.41, 5.74) is 1.68. The molecule has 0 fully saturated rings. The molecule has 0 atom stereocenters. The lowest BCUT2D eigenvalue weighted by Crippen LogP contribution is -2.30. The van der Waals surface area contributed by atoms with Crippen LogP contribution in [0.4, 0.5) is 0 Å². The number of benzene rings is 2. The van der Waals surface area contributed by atoms with Crippen molar-refractivity contribution in [2.24, 2.45) is 0 Å². The summed E-state index contributed by atoms with van der Waals surface area (Å²) in [6.45, 7) is 3.81. The first-order valence-corrected chi connectivity index (χ1v) is 8.03. The van der Waals surface area contributed by atoms with Gasteiger partial charge in [0.1, 0.15) is 0 Å². The van der Waals surface area contributed by atoms with Crippen molar-refractivity contribution < 1.29 is 4.79 Å². The van der Waals surface area contributed by atoms with Gasteiger partial charge in [-0.05, 0) is 62.5 Å². The first-order valence-electron chi connectivity index (χ1n) is 7.63. The molecule has 0 aliphatic heterocycles. The fourth-order valence-electron chi connectivity index (χ4n) is 2.50.